The minimum Gasteiger partial charge on any atom is -0.496 e. The maximum atomic E-state index is 13.4. The maximum absolute atomic E-state index is 13.4. The fourth-order valence-corrected chi connectivity index (χ4v) is 4.26. The van der Waals surface area contributed by atoms with E-state index in [1.165, 1.54) is 0 Å². The van der Waals surface area contributed by atoms with Crippen LogP contribution in [0.1, 0.15) is 46.8 Å². The molecule has 0 aliphatic carbocycles. The molecule has 0 N–H and O–H groups in total. The van der Waals surface area contributed by atoms with Crippen LogP contribution in [0.25, 0.3) is 0 Å². The Hall–Kier alpha value is -2.11. The first-order chi connectivity index (χ1) is 13.8. The summed E-state index contributed by atoms with van der Waals surface area (Å²) in [6.07, 6.45) is 0. The number of benzene rings is 3. The van der Waals surface area contributed by atoms with E-state index in [1.807, 2.05) is 55.5 Å². The Morgan fingerprint density at radius 2 is 1.59 bits per heavy atom. The number of hydrogen-bond donors (Lipinski definition) is 0. The number of hydrogen-bond acceptors (Lipinski definition) is 3. The Labute approximate surface area is 188 Å². The van der Waals surface area contributed by atoms with Gasteiger partial charge in [0.25, 0.3) is 0 Å². The first-order valence-corrected chi connectivity index (χ1v) is 10.9. The molecule has 0 fully saturated rings. The first kappa shape index (κ1) is 21.6. The van der Waals surface area contributed by atoms with Gasteiger partial charge in [0, 0.05) is 11.1 Å². The van der Waals surface area contributed by atoms with Crippen LogP contribution in [-0.2, 0) is 0 Å². The summed E-state index contributed by atoms with van der Waals surface area (Å²) in [5, 5.41) is 0. The lowest BCUT2D eigenvalue weighted by atomic mass is 9.95. The van der Waals surface area contributed by atoms with Gasteiger partial charge < -0.3 is 9.47 Å². The largest absolute Gasteiger partial charge is 0.496 e. The van der Waals surface area contributed by atoms with E-state index in [0.29, 0.717) is 28.4 Å². The van der Waals surface area contributed by atoms with E-state index in [4.69, 9.17) is 9.47 Å². The highest BCUT2D eigenvalue weighted by Gasteiger charge is 2.22. The molecule has 3 nitrogen and oxygen atoms in total. The van der Waals surface area contributed by atoms with Crippen LogP contribution in [0.4, 0.5) is 0 Å². The van der Waals surface area contributed by atoms with Crippen LogP contribution in [0, 0.1) is 6.92 Å². The zero-order valence-electron chi connectivity index (χ0n) is 16.8. The monoisotopic (exact) mass is 516 g/mol. The second-order valence-electron chi connectivity index (χ2n) is 7.10. The van der Waals surface area contributed by atoms with Gasteiger partial charge in [-0.25, -0.2) is 0 Å². The number of carbonyl (C=O) groups excluding carboxylic acids is 1. The molecule has 0 amide bonds. The average molecular weight is 518 g/mol. The second kappa shape index (κ2) is 9.14. The highest BCUT2D eigenvalue weighted by molar-refractivity contribution is 9.11. The number of rotatable bonds is 6. The number of aryl methyl sites for hydroxylation is 1. The Kier molecular flexibility index (Phi) is 6.81. The summed E-state index contributed by atoms with van der Waals surface area (Å²) >= 11 is 7.06. The van der Waals surface area contributed by atoms with Crippen molar-refractivity contribution in [3.05, 3.63) is 85.8 Å². The molecular weight excluding hydrogens is 496 g/mol. The Balaban J connectivity index is 2.19. The van der Waals surface area contributed by atoms with Gasteiger partial charge in [-0.1, -0.05) is 43.7 Å². The molecule has 3 aromatic carbocycles. The third-order valence-electron chi connectivity index (χ3n) is 4.61. The maximum Gasteiger partial charge on any atom is 0.196 e. The Bertz CT molecular complexity index is 1040. The molecule has 150 valence electrons. The van der Waals surface area contributed by atoms with Crippen molar-refractivity contribution in [2.75, 3.05) is 7.11 Å². The smallest absolute Gasteiger partial charge is 0.196 e. The van der Waals surface area contributed by atoms with Gasteiger partial charge in [0.05, 0.1) is 21.6 Å². The van der Waals surface area contributed by atoms with E-state index in [2.05, 4.69) is 45.7 Å². The van der Waals surface area contributed by atoms with Crippen molar-refractivity contribution >= 4 is 37.6 Å². The molecule has 0 atom stereocenters. The fourth-order valence-electron chi connectivity index (χ4n) is 3.10. The lowest BCUT2D eigenvalue weighted by molar-refractivity contribution is 0.103. The summed E-state index contributed by atoms with van der Waals surface area (Å²) in [7, 11) is 1.62. The molecule has 0 aliphatic rings. The normalized spacial score (nSPS) is 10.9. The number of halogens is 2. The van der Waals surface area contributed by atoms with Crippen LogP contribution in [0.5, 0.6) is 17.2 Å². The highest BCUT2D eigenvalue weighted by Crippen LogP contribution is 2.41. The summed E-state index contributed by atoms with van der Waals surface area (Å²) in [5.74, 6) is 1.88. The van der Waals surface area contributed by atoms with E-state index >= 15 is 0 Å². The Morgan fingerprint density at radius 3 is 2.17 bits per heavy atom. The van der Waals surface area contributed by atoms with E-state index in [0.717, 1.165) is 20.1 Å². The van der Waals surface area contributed by atoms with Gasteiger partial charge in [-0.3, -0.25) is 4.79 Å². The topological polar surface area (TPSA) is 35.5 Å². The van der Waals surface area contributed by atoms with Crippen molar-refractivity contribution in [2.45, 2.75) is 26.7 Å². The predicted octanol–water partition coefficient (Wildman–Crippen LogP) is 7.68. The molecule has 0 saturated carbocycles. The molecular formula is C24H22Br2O3. The third kappa shape index (κ3) is 4.73. The van der Waals surface area contributed by atoms with Gasteiger partial charge in [0.1, 0.15) is 11.5 Å². The van der Waals surface area contributed by atoms with Gasteiger partial charge in [0.2, 0.25) is 0 Å². The van der Waals surface area contributed by atoms with Gasteiger partial charge in [0.15, 0.2) is 11.5 Å². The SMILES string of the molecule is COc1cc(C(=O)c2cccc(C)c2)c(Oc2c(Br)cccc2Br)cc1C(C)C. The van der Waals surface area contributed by atoms with E-state index < -0.39 is 0 Å². The predicted molar refractivity (Wildman–Crippen MR) is 124 cm³/mol. The number of ether oxygens (including phenoxy) is 2. The van der Waals surface area contributed by atoms with Crippen molar-refractivity contribution < 1.29 is 14.3 Å². The number of para-hydroxylation sites is 1. The lowest BCUT2D eigenvalue weighted by Gasteiger charge is -2.19. The number of carbonyl (C=O) groups is 1. The van der Waals surface area contributed by atoms with Crippen LogP contribution in [0.15, 0.2) is 63.5 Å². The van der Waals surface area contributed by atoms with Gasteiger partial charge >= 0.3 is 0 Å². The van der Waals surface area contributed by atoms with Crippen LogP contribution in [0.3, 0.4) is 0 Å². The molecule has 0 bridgehead atoms. The van der Waals surface area contributed by atoms with E-state index in [1.54, 1.807) is 13.2 Å². The van der Waals surface area contributed by atoms with E-state index in [9.17, 15) is 4.79 Å². The van der Waals surface area contributed by atoms with Crippen molar-refractivity contribution in [2.24, 2.45) is 0 Å². The van der Waals surface area contributed by atoms with Gasteiger partial charge in [-0.2, -0.15) is 0 Å². The summed E-state index contributed by atoms with van der Waals surface area (Å²) in [5.41, 5.74) is 3.07. The highest BCUT2D eigenvalue weighted by atomic mass is 79.9. The molecule has 3 rings (SSSR count). The van der Waals surface area contributed by atoms with Crippen LogP contribution in [-0.4, -0.2) is 12.9 Å². The quantitative estimate of drug-likeness (QED) is 0.314. The van der Waals surface area contributed by atoms with Crippen LogP contribution >= 0.6 is 31.9 Å². The van der Waals surface area contributed by atoms with Crippen LogP contribution < -0.4 is 9.47 Å². The molecule has 0 heterocycles. The van der Waals surface area contributed by atoms with Gasteiger partial charge in [-0.05, 0) is 75.0 Å². The molecule has 5 heteroatoms. The van der Waals surface area contributed by atoms with E-state index in [-0.39, 0.29) is 11.7 Å². The average Bonchev–Trinajstić information content (AvgIpc) is 2.69. The summed E-state index contributed by atoms with van der Waals surface area (Å²) in [6.45, 7) is 6.13. The molecule has 0 unspecified atom stereocenters. The first-order valence-electron chi connectivity index (χ1n) is 9.27. The molecule has 0 radical (unpaired) electrons. The van der Waals surface area contributed by atoms with Crippen LogP contribution in [0.2, 0.25) is 0 Å². The fraction of sp³-hybridized carbons (Fsp3) is 0.208. The Morgan fingerprint density at radius 1 is 0.931 bits per heavy atom. The molecule has 29 heavy (non-hydrogen) atoms. The van der Waals surface area contributed by atoms with Gasteiger partial charge in [-0.15, -0.1) is 0 Å². The van der Waals surface area contributed by atoms with Crippen molar-refractivity contribution in [1.82, 2.24) is 0 Å². The standard InChI is InChI=1S/C24H22Br2O3/c1-14(2)17-12-22(29-24-19(25)9-6-10-20(24)26)18(13-21(17)28-4)23(27)16-8-5-7-15(3)11-16/h5-14H,1-4H3. The summed E-state index contributed by atoms with van der Waals surface area (Å²) < 4.78 is 13.4. The zero-order chi connectivity index (χ0) is 21.1. The minimum absolute atomic E-state index is 0.111. The number of ketones is 1. The van der Waals surface area contributed by atoms with Crippen molar-refractivity contribution in [3.8, 4) is 17.2 Å². The number of methoxy groups -OCH3 is 1. The van der Waals surface area contributed by atoms with Crippen molar-refractivity contribution in [3.63, 3.8) is 0 Å². The van der Waals surface area contributed by atoms with Crippen molar-refractivity contribution in [1.29, 1.82) is 0 Å². The minimum atomic E-state index is -0.111. The molecule has 0 aliphatic heterocycles. The lowest BCUT2D eigenvalue weighted by Crippen LogP contribution is -2.07. The third-order valence-corrected chi connectivity index (χ3v) is 5.86. The summed E-state index contributed by atoms with van der Waals surface area (Å²) in [6, 6.07) is 16.9. The second-order valence-corrected chi connectivity index (χ2v) is 8.81. The molecule has 0 aromatic heterocycles. The molecule has 0 saturated heterocycles. The zero-order valence-corrected chi connectivity index (χ0v) is 19.9. The molecule has 0 spiro atoms. The summed E-state index contributed by atoms with van der Waals surface area (Å²) in [4.78, 5) is 13.4. The molecule has 3 aromatic rings.